The van der Waals surface area contributed by atoms with Crippen LogP contribution in [0.2, 0.25) is 5.28 Å². The van der Waals surface area contributed by atoms with E-state index in [1.54, 1.807) is 24.1 Å². The first-order valence-electron chi connectivity index (χ1n) is 5.49. The molecule has 96 valence electrons. The van der Waals surface area contributed by atoms with Gasteiger partial charge in [0.2, 0.25) is 11.1 Å². The van der Waals surface area contributed by atoms with Gasteiger partial charge in [0.25, 0.3) is 0 Å². The molecule has 0 spiro atoms. The molecule has 0 fully saturated rings. The van der Waals surface area contributed by atoms with Crippen molar-refractivity contribution >= 4 is 28.2 Å². The lowest BCUT2D eigenvalue weighted by molar-refractivity contribution is 0.407. The Morgan fingerprint density at radius 3 is 2.95 bits per heavy atom. The van der Waals surface area contributed by atoms with Gasteiger partial charge in [0.05, 0.1) is 25.0 Å². The van der Waals surface area contributed by atoms with E-state index in [1.807, 2.05) is 12.1 Å². The lowest BCUT2D eigenvalue weighted by Crippen LogP contribution is -2.03. The maximum absolute atomic E-state index is 5.83. The van der Waals surface area contributed by atoms with Crippen molar-refractivity contribution in [2.24, 2.45) is 0 Å². The van der Waals surface area contributed by atoms with Crippen LogP contribution < -0.4 is 10.5 Å². The zero-order chi connectivity index (χ0) is 13.4. The zero-order valence-corrected chi connectivity index (χ0v) is 10.8. The molecule has 7 heteroatoms. The van der Waals surface area contributed by atoms with Crippen LogP contribution in [0.25, 0.3) is 16.7 Å². The fourth-order valence-electron chi connectivity index (χ4n) is 1.86. The molecule has 2 aromatic heterocycles. The minimum Gasteiger partial charge on any atom is -0.491 e. The second-order valence-electron chi connectivity index (χ2n) is 3.91. The number of aromatic nitrogens is 4. The van der Waals surface area contributed by atoms with E-state index in [9.17, 15) is 0 Å². The Morgan fingerprint density at radius 1 is 1.32 bits per heavy atom. The van der Waals surface area contributed by atoms with Crippen molar-refractivity contribution in [1.29, 1.82) is 0 Å². The second-order valence-corrected chi connectivity index (χ2v) is 4.24. The normalized spacial score (nSPS) is 10.8. The number of methoxy groups -OCH3 is 1. The highest BCUT2D eigenvalue weighted by Crippen LogP contribution is 2.25. The van der Waals surface area contributed by atoms with E-state index in [0.29, 0.717) is 17.3 Å². The van der Waals surface area contributed by atoms with Gasteiger partial charge in [-0.15, -0.1) is 0 Å². The van der Waals surface area contributed by atoms with Gasteiger partial charge in [-0.25, -0.2) is 9.67 Å². The number of nitrogens with zero attached hydrogens (tertiary/aromatic N) is 4. The van der Waals surface area contributed by atoms with Gasteiger partial charge < -0.3 is 10.5 Å². The topological polar surface area (TPSA) is 78.9 Å². The second kappa shape index (κ2) is 4.40. The molecule has 19 heavy (non-hydrogen) atoms. The smallest absolute Gasteiger partial charge is 0.224 e. The molecule has 3 aromatic rings. The SMILES string of the molecule is COc1cnc(Cl)nc1-n1ncc2cc(N)ccc21. The summed E-state index contributed by atoms with van der Waals surface area (Å²) < 4.78 is 6.87. The number of anilines is 1. The Kier molecular flexibility index (Phi) is 2.72. The van der Waals surface area contributed by atoms with Gasteiger partial charge in [-0.3, -0.25) is 0 Å². The molecule has 0 bridgehead atoms. The van der Waals surface area contributed by atoms with Gasteiger partial charge in [-0.1, -0.05) is 0 Å². The molecule has 0 unspecified atom stereocenters. The summed E-state index contributed by atoms with van der Waals surface area (Å²) in [7, 11) is 1.54. The summed E-state index contributed by atoms with van der Waals surface area (Å²) in [5.41, 5.74) is 7.29. The van der Waals surface area contributed by atoms with Crippen LogP contribution in [0.5, 0.6) is 5.75 Å². The third-order valence-corrected chi connectivity index (χ3v) is 2.90. The minimum absolute atomic E-state index is 0.134. The number of nitrogens with two attached hydrogens (primary N) is 1. The van der Waals surface area contributed by atoms with Crippen molar-refractivity contribution in [2.75, 3.05) is 12.8 Å². The van der Waals surface area contributed by atoms with Gasteiger partial charge in [-0.05, 0) is 29.8 Å². The Hall–Kier alpha value is -2.34. The number of ether oxygens (including phenoxy) is 1. The number of nitrogen functional groups attached to an aromatic ring is 1. The zero-order valence-electron chi connectivity index (χ0n) is 10.0. The summed E-state index contributed by atoms with van der Waals surface area (Å²) in [6.07, 6.45) is 3.22. The van der Waals surface area contributed by atoms with E-state index in [0.717, 1.165) is 10.9 Å². The minimum atomic E-state index is 0.134. The number of hydrogen-bond donors (Lipinski definition) is 1. The van der Waals surface area contributed by atoms with Gasteiger partial charge in [-0.2, -0.15) is 10.1 Å². The highest BCUT2D eigenvalue weighted by Gasteiger charge is 2.13. The highest BCUT2D eigenvalue weighted by molar-refractivity contribution is 6.28. The number of benzene rings is 1. The Labute approximate surface area is 113 Å². The summed E-state index contributed by atoms with van der Waals surface area (Å²) in [5.74, 6) is 0.980. The summed E-state index contributed by atoms with van der Waals surface area (Å²) in [6, 6.07) is 5.51. The van der Waals surface area contributed by atoms with Crippen LogP contribution in [0.3, 0.4) is 0 Å². The molecule has 0 aliphatic carbocycles. The predicted molar refractivity (Wildman–Crippen MR) is 72.6 cm³/mol. The first-order chi connectivity index (χ1) is 9.19. The van der Waals surface area contributed by atoms with E-state index in [1.165, 1.54) is 6.20 Å². The molecule has 0 amide bonds. The Balaban J connectivity index is 2.27. The molecule has 0 atom stereocenters. The molecular weight excluding hydrogens is 266 g/mol. The fraction of sp³-hybridized carbons (Fsp3) is 0.0833. The van der Waals surface area contributed by atoms with Gasteiger partial charge >= 0.3 is 0 Å². The number of fused-ring (bicyclic) bond motifs is 1. The van der Waals surface area contributed by atoms with Crippen LogP contribution in [-0.4, -0.2) is 26.9 Å². The monoisotopic (exact) mass is 275 g/mol. The van der Waals surface area contributed by atoms with Crippen LogP contribution in [0, 0.1) is 0 Å². The molecule has 0 saturated heterocycles. The average Bonchev–Trinajstić information content (AvgIpc) is 2.81. The van der Waals surface area contributed by atoms with E-state index in [-0.39, 0.29) is 5.28 Å². The average molecular weight is 276 g/mol. The summed E-state index contributed by atoms with van der Waals surface area (Å²) in [6.45, 7) is 0. The van der Waals surface area contributed by atoms with Crippen LogP contribution >= 0.6 is 11.6 Å². The molecule has 2 N–H and O–H groups in total. The molecule has 3 rings (SSSR count). The number of rotatable bonds is 2. The lowest BCUT2D eigenvalue weighted by Gasteiger charge is -2.08. The summed E-state index contributed by atoms with van der Waals surface area (Å²) >= 11 is 5.83. The predicted octanol–water partition coefficient (Wildman–Crippen LogP) is 2.06. The molecular formula is C12H10ClN5O. The molecule has 0 aliphatic heterocycles. The molecule has 0 aliphatic rings. The Bertz CT molecular complexity index is 755. The highest BCUT2D eigenvalue weighted by atomic mass is 35.5. The van der Waals surface area contributed by atoms with Gasteiger partial charge in [0.15, 0.2) is 5.75 Å². The maximum atomic E-state index is 5.83. The lowest BCUT2D eigenvalue weighted by atomic mass is 10.2. The molecule has 0 radical (unpaired) electrons. The fourth-order valence-corrected chi connectivity index (χ4v) is 1.99. The quantitative estimate of drug-likeness (QED) is 0.572. The van der Waals surface area contributed by atoms with Crippen molar-refractivity contribution in [1.82, 2.24) is 19.7 Å². The standard InChI is InChI=1S/C12H10ClN5O/c1-19-10-6-15-12(13)17-11(10)18-9-3-2-8(14)4-7(9)5-16-18/h2-6H,14H2,1H3. The van der Waals surface area contributed by atoms with E-state index in [4.69, 9.17) is 22.1 Å². The first-order valence-corrected chi connectivity index (χ1v) is 5.87. The molecule has 6 nitrogen and oxygen atoms in total. The number of halogens is 1. The van der Waals surface area contributed by atoms with E-state index < -0.39 is 0 Å². The van der Waals surface area contributed by atoms with Gasteiger partial charge in [0.1, 0.15) is 0 Å². The molecule has 2 heterocycles. The van der Waals surface area contributed by atoms with Crippen molar-refractivity contribution in [3.05, 3.63) is 35.9 Å². The largest absolute Gasteiger partial charge is 0.491 e. The van der Waals surface area contributed by atoms with Crippen LogP contribution in [0.1, 0.15) is 0 Å². The van der Waals surface area contributed by atoms with Crippen LogP contribution in [-0.2, 0) is 0 Å². The van der Waals surface area contributed by atoms with E-state index in [2.05, 4.69) is 15.1 Å². The third-order valence-electron chi connectivity index (χ3n) is 2.72. The summed E-state index contributed by atoms with van der Waals surface area (Å²) in [5, 5.41) is 5.34. The van der Waals surface area contributed by atoms with Crippen molar-refractivity contribution in [3.63, 3.8) is 0 Å². The molecule has 1 aromatic carbocycles. The van der Waals surface area contributed by atoms with Crippen LogP contribution in [0.15, 0.2) is 30.6 Å². The van der Waals surface area contributed by atoms with Crippen molar-refractivity contribution in [2.45, 2.75) is 0 Å². The summed E-state index contributed by atoms with van der Waals surface area (Å²) in [4.78, 5) is 8.04. The third kappa shape index (κ3) is 1.96. The van der Waals surface area contributed by atoms with E-state index >= 15 is 0 Å². The Morgan fingerprint density at radius 2 is 2.16 bits per heavy atom. The maximum Gasteiger partial charge on any atom is 0.224 e. The first kappa shape index (κ1) is 11.7. The number of hydrogen-bond acceptors (Lipinski definition) is 5. The van der Waals surface area contributed by atoms with Crippen molar-refractivity contribution in [3.8, 4) is 11.6 Å². The molecule has 0 saturated carbocycles. The van der Waals surface area contributed by atoms with Crippen LogP contribution in [0.4, 0.5) is 5.69 Å². The van der Waals surface area contributed by atoms with Crippen molar-refractivity contribution < 1.29 is 4.74 Å². The van der Waals surface area contributed by atoms with Gasteiger partial charge in [0, 0.05) is 11.1 Å².